The first kappa shape index (κ1) is 26.9. The summed E-state index contributed by atoms with van der Waals surface area (Å²) in [5.74, 6) is -0.403. The molecular weight excluding hydrogens is 512 g/mol. The number of nitrogens with two attached hydrogens (primary N) is 1. The summed E-state index contributed by atoms with van der Waals surface area (Å²) in [7, 11) is 0. The molecule has 0 spiro atoms. The molecule has 1 aromatic carbocycles. The summed E-state index contributed by atoms with van der Waals surface area (Å²) in [6, 6.07) is 9.81. The van der Waals surface area contributed by atoms with Gasteiger partial charge in [-0.15, -0.1) is 0 Å². The van der Waals surface area contributed by atoms with Crippen LogP contribution in [0.3, 0.4) is 0 Å². The van der Waals surface area contributed by atoms with Crippen molar-refractivity contribution in [3.63, 3.8) is 0 Å². The quantitative estimate of drug-likeness (QED) is 0.199. The van der Waals surface area contributed by atoms with Crippen LogP contribution in [-0.2, 0) is 11.3 Å². The summed E-state index contributed by atoms with van der Waals surface area (Å²) < 4.78 is 5.38. The second-order valence-corrected chi connectivity index (χ2v) is 9.52. The summed E-state index contributed by atoms with van der Waals surface area (Å²) in [6.07, 6.45) is 3.37. The van der Waals surface area contributed by atoms with Crippen molar-refractivity contribution in [3.8, 4) is 0 Å². The van der Waals surface area contributed by atoms with E-state index in [9.17, 15) is 19.7 Å². The number of benzene rings is 1. The van der Waals surface area contributed by atoms with Gasteiger partial charge in [0.15, 0.2) is 5.13 Å². The van der Waals surface area contributed by atoms with Gasteiger partial charge in [0.05, 0.1) is 29.5 Å². The minimum atomic E-state index is -0.553. The van der Waals surface area contributed by atoms with Crippen LogP contribution in [0.2, 0.25) is 0 Å². The lowest BCUT2D eigenvalue weighted by atomic mass is 10.2. The zero-order valence-corrected chi connectivity index (χ0v) is 21.4. The lowest BCUT2D eigenvalue weighted by Crippen LogP contribution is -2.40. The molecule has 4 rings (SSSR count). The molecule has 3 aromatic rings. The van der Waals surface area contributed by atoms with Gasteiger partial charge < -0.3 is 20.7 Å². The Morgan fingerprint density at radius 2 is 1.92 bits per heavy atom. The number of anilines is 3. The lowest BCUT2D eigenvalue weighted by molar-refractivity contribution is -0.380. The van der Waals surface area contributed by atoms with Crippen molar-refractivity contribution in [2.75, 3.05) is 55.8 Å². The Balaban J connectivity index is 1.40. The highest BCUT2D eigenvalue weighted by Crippen LogP contribution is 2.25. The van der Waals surface area contributed by atoms with Crippen molar-refractivity contribution >= 4 is 44.8 Å². The number of carbonyl (C=O) groups is 2. The first-order valence-electron chi connectivity index (χ1n) is 12.0. The van der Waals surface area contributed by atoms with E-state index >= 15 is 0 Å². The molecule has 3 heterocycles. The number of para-hydroxylation sites is 2. The van der Waals surface area contributed by atoms with Gasteiger partial charge in [0, 0.05) is 38.9 Å². The molecule has 0 bridgehead atoms. The third-order valence-corrected chi connectivity index (χ3v) is 6.68. The molecule has 13 nitrogen and oxygen atoms in total. The Hall–Kier alpha value is -4.14. The number of nitro groups is 1. The molecule has 3 amide bonds. The number of ether oxygens (including phenoxy) is 1. The molecule has 0 radical (unpaired) electrons. The number of thiazole rings is 1. The van der Waals surface area contributed by atoms with E-state index in [0.717, 1.165) is 43.6 Å². The average molecular weight is 541 g/mol. The van der Waals surface area contributed by atoms with Crippen molar-refractivity contribution in [3.05, 3.63) is 70.2 Å². The SMILES string of the molecule is Nc1ccccc1NC(=O)c1ccc(CN(CCCN2CCOCC2)C(=O)Nc2ncc([N+](=O)[O-])s2)cn1. The van der Waals surface area contributed by atoms with Gasteiger partial charge in [-0.25, -0.2) is 9.78 Å². The van der Waals surface area contributed by atoms with Gasteiger partial charge in [0.1, 0.15) is 11.9 Å². The fraction of sp³-hybridized carbons (Fsp3) is 0.333. The minimum absolute atomic E-state index is 0.144. The fourth-order valence-electron chi connectivity index (χ4n) is 3.81. The highest BCUT2D eigenvalue weighted by atomic mass is 32.1. The first-order chi connectivity index (χ1) is 18.4. The minimum Gasteiger partial charge on any atom is -0.397 e. The summed E-state index contributed by atoms with van der Waals surface area (Å²) in [4.78, 5) is 48.1. The molecule has 0 atom stereocenters. The van der Waals surface area contributed by atoms with E-state index in [2.05, 4.69) is 25.5 Å². The van der Waals surface area contributed by atoms with Crippen LogP contribution in [0, 0.1) is 10.1 Å². The molecule has 1 fully saturated rings. The number of nitrogens with zero attached hydrogens (tertiary/aromatic N) is 5. The molecule has 0 aliphatic carbocycles. The zero-order valence-electron chi connectivity index (χ0n) is 20.5. The van der Waals surface area contributed by atoms with Crippen LogP contribution in [0.15, 0.2) is 48.8 Å². The summed E-state index contributed by atoms with van der Waals surface area (Å²) in [5, 5.41) is 16.3. The number of nitrogen functional groups attached to an aromatic ring is 1. The van der Waals surface area contributed by atoms with Crippen LogP contribution in [0.4, 0.5) is 26.3 Å². The number of hydrogen-bond donors (Lipinski definition) is 3. The number of hydrogen-bond acceptors (Lipinski definition) is 10. The maximum Gasteiger partial charge on any atom is 0.345 e. The maximum atomic E-state index is 13.1. The number of rotatable bonds is 10. The second kappa shape index (κ2) is 12.9. The summed E-state index contributed by atoms with van der Waals surface area (Å²) in [6.45, 7) is 4.53. The number of nitrogens with one attached hydrogen (secondary N) is 2. The Kier molecular flexibility index (Phi) is 9.13. The van der Waals surface area contributed by atoms with Crippen LogP contribution in [0.5, 0.6) is 0 Å². The van der Waals surface area contributed by atoms with Crippen molar-refractivity contribution in [2.24, 2.45) is 0 Å². The highest BCUT2D eigenvalue weighted by Gasteiger charge is 2.20. The van der Waals surface area contributed by atoms with E-state index in [4.69, 9.17) is 10.5 Å². The Morgan fingerprint density at radius 1 is 1.13 bits per heavy atom. The molecular formula is C24H28N8O5S. The van der Waals surface area contributed by atoms with E-state index in [1.54, 1.807) is 47.5 Å². The molecule has 1 aliphatic rings. The third kappa shape index (κ3) is 7.44. The zero-order chi connectivity index (χ0) is 26.9. The molecule has 1 saturated heterocycles. The van der Waals surface area contributed by atoms with E-state index in [-0.39, 0.29) is 22.4 Å². The Morgan fingerprint density at radius 3 is 2.61 bits per heavy atom. The molecule has 0 unspecified atom stereocenters. The van der Waals surface area contributed by atoms with Crippen molar-refractivity contribution in [1.82, 2.24) is 19.8 Å². The smallest absolute Gasteiger partial charge is 0.345 e. The molecule has 38 heavy (non-hydrogen) atoms. The van der Waals surface area contributed by atoms with Crippen molar-refractivity contribution in [1.29, 1.82) is 0 Å². The van der Waals surface area contributed by atoms with Crippen molar-refractivity contribution in [2.45, 2.75) is 13.0 Å². The average Bonchev–Trinajstić information content (AvgIpc) is 3.39. The number of pyridine rings is 1. The Labute approximate surface area is 222 Å². The summed E-state index contributed by atoms with van der Waals surface area (Å²) in [5.41, 5.74) is 7.75. The summed E-state index contributed by atoms with van der Waals surface area (Å²) >= 11 is 0.790. The largest absolute Gasteiger partial charge is 0.397 e. The first-order valence-corrected chi connectivity index (χ1v) is 12.8. The molecule has 0 saturated carbocycles. The van der Waals surface area contributed by atoms with Crippen LogP contribution in [-0.4, -0.2) is 76.0 Å². The Bertz CT molecular complexity index is 1260. The van der Waals surface area contributed by atoms with Gasteiger partial charge in [0.2, 0.25) is 0 Å². The molecule has 1 aliphatic heterocycles. The highest BCUT2D eigenvalue weighted by molar-refractivity contribution is 7.18. The number of urea groups is 1. The lowest BCUT2D eigenvalue weighted by Gasteiger charge is -2.28. The number of aromatic nitrogens is 2. The predicted molar refractivity (Wildman–Crippen MR) is 143 cm³/mol. The molecule has 4 N–H and O–H groups in total. The maximum absolute atomic E-state index is 13.1. The molecule has 200 valence electrons. The van der Waals surface area contributed by atoms with Crippen LogP contribution in [0.25, 0.3) is 0 Å². The van der Waals surface area contributed by atoms with Gasteiger partial charge in [-0.1, -0.05) is 18.2 Å². The van der Waals surface area contributed by atoms with Crippen molar-refractivity contribution < 1.29 is 19.2 Å². The van der Waals surface area contributed by atoms with E-state index < -0.39 is 16.9 Å². The normalized spacial score (nSPS) is 13.6. The van der Waals surface area contributed by atoms with Gasteiger partial charge >= 0.3 is 11.0 Å². The second-order valence-electron chi connectivity index (χ2n) is 8.51. The predicted octanol–water partition coefficient (Wildman–Crippen LogP) is 3.04. The number of morpholine rings is 1. The van der Waals surface area contributed by atoms with Gasteiger partial charge in [-0.05, 0) is 41.5 Å². The van der Waals surface area contributed by atoms with Gasteiger partial charge in [0.25, 0.3) is 5.91 Å². The van der Waals surface area contributed by atoms with E-state index in [1.165, 1.54) is 0 Å². The monoisotopic (exact) mass is 540 g/mol. The number of carbonyl (C=O) groups excluding carboxylic acids is 2. The molecule has 2 aromatic heterocycles. The van der Waals surface area contributed by atoms with Crippen LogP contribution < -0.4 is 16.4 Å². The van der Waals surface area contributed by atoms with Gasteiger partial charge in [-0.3, -0.25) is 30.1 Å². The fourth-order valence-corrected chi connectivity index (χ4v) is 4.43. The third-order valence-electron chi connectivity index (χ3n) is 5.82. The van der Waals surface area contributed by atoms with E-state index in [1.807, 2.05) is 0 Å². The van der Waals surface area contributed by atoms with E-state index in [0.29, 0.717) is 36.7 Å². The standard InChI is InChI=1S/C24H28N8O5S/c25-18-4-1-2-5-19(18)28-22(33)20-7-6-17(14-26-20)16-31(9-3-8-30-10-12-37-13-11-30)24(34)29-23-27-15-21(38-23)32(35)36/h1-2,4-7,14-15H,3,8-13,16,25H2,(H,28,33)(H,27,29,34). The van der Waals surface area contributed by atoms with Gasteiger partial charge in [-0.2, -0.15) is 0 Å². The topological polar surface area (TPSA) is 169 Å². The van der Waals surface area contributed by atoms with Crippen LogP contribution >= 0.6 is 11.3 Å². The van der Waals surface area contributed by atoms with Crippen LogP contribution in [0.1, 0.15) is 22.5 Å². The molecule has 14 heteroatoms. The number of amides is 3.